The first-order valence-electron chi connectivity index (χ1n) is 7.76. The highest BCUT2D eigenvalue weighted by Crippen LogP contribution is 2.29. The average molecular weight is 343 g/mol. The van der Waals surface area contributed by atoms with Crippen LogP contribution in [0.3, 0.4) is 0 Å². The molecule has 0 saturated carbocycles. The fraction of sp³-hybridized carbons (Fsp3) is 0.278. The highest BCUT2D eigenvalue weighted by molar-refractivity contribution is 5.86. The van der Waals surface area contributed by atoms with Crippen molar-refractivity contribution in [1.29, 1.82) is 0 Å². The van der Waals surface area contributed by atoms with Crippen molar-refractivity contribution in [1.82, 2.24) is 0 Å². The zero-order chi connectivity index (χ0) is 18.6. The van der Waals surface area contributed by atoms with E-state index in [2.05, 4.69) is 10.6 Å². The molecular formula is C18H21N3O4. The van der Waals surface area contributed by atoms with Crippen molar-refractivity contribution >= 4 is 28.8 Å². The highest BCUT2D eigenvalue weighted by atomic mass is 16.6. The molecule has 0 saturated heterocycles. The lowest BCUT2D eigenvalue weighted by Gasteiger charge is -2.19. The maximum Gasteiger partial charge on any atom is 0.412 e. The molecule has 0 aliphatic carbocycles. The second kappa shape index (κ2) is 7.21. The fourth-order valence-corrected chi connectivity index (χ4v) is 2.15. The van der Waals surface area contributed by atoms with E-state index >= 15 is 0 Å². The normalized spacial score (nSPS) is 10.9. The molecule has 0 atom stereocenters. The van der Waals surface area contributed by atoms with Crippen molar-refractivity contribution in [3.63, 3.8) is 0 Å². The number of nitrogens with one attached hydrogen (secondary N) is 2. The third-order valence-corrected chi connectivity index (χ3v) is 3.14. The van der Waals surface area contributed by atoms with Gasteiger partial charge in [-0.25, -0.2) is 4.79 Å². The van der Waals surface area contributed by atoms with Crippen molar-refractivity contribution in [2.24, 2.45) is 0 Å². The van der Waals surface area contributed by atoms with Gasteiger partial charge in [-0.3, -0.25) is 15.4 Å². The van der Waals surface area contributed by atoms with Crippen LogP contribution in [0.2, 0.25) is 0 Å². The van der Waals surface area contributed by atoms with Gasteiger partial charge >= 0.3 is 6.09 Å². The van der Waals surface area contributed by atoms with E-state index in [0.717, 1.165) is 5.56 Å². The number of anilines is 3. The molecule has 2 rings (SSSR count). The van der Waals surface area contributed by atoms with E-state index in [0.29, 0.717) is 17.1 Å². The van der Waals surface area contributed by atoms with Gasteiger partial charge in [0.2, 0.25) is 0 Å². The predicted octanol–water partition coefficient (Wildman–Crippen LogP) is 4.99. The Balaban J connectivity index is 2.17. The Morgan fingerprint density at radius 3 is 2.44 bits per heavy atom. The summed E-state index contributed by atoms with van der Waals surface area (Å²) in [4.78, 5) is 22.6. The van der Waals surface area contributed by atoms with Crippen LogP contribution in [0.5, 0.6) is 0 Å². The summed E-state index contributed by atoms with van der Waals surface area (Å²) in [6.45, 7) is 7.13. The number of benzene rings is 2. The van der Waals surface area contributed by atoms with E-state index in [1.165, 1.54) is 6.07 Å². The highest BCUT2D eigenvalue weighted by Gasteiger charge is 2.17. The third kappa shape index (κ3) is 5.49. The number of carbonyl (C=O) groups is 1. The number of carbonyl (C=O) groups excluding carboxylic acids is 1. The Bertz CT molecular complexity index is 797. The number of nitro groups is 1. The molecule has 0 aliphatic heterocycles. The monoisotopic (exact) mass is 343 g/mol. The molecule has 1 amide bonds. The number of nitro benzene ring substituents is 1. The number of amides is 1. The lowest BCUT2D eigenvalue weighted by atomic mass is 10.2. The van der Waals surface area contributed by atoms with Crippen LogP contribution in [-0.4, -0.2) is 16.6 Å². The standard InChI is InChI=1S/C18H21N3O4/c1-12-8-9-15(16(10-12)21(23)24)19-13-6-5-7-14(11-13)20-17(22)25-18(2,3)4/h5-11,19H,1-4H3,(H,20,22). The molecule has 7 nitrogen and oxygen atoms in total. The molecule has 0 fully saturated rings. The number of ether oxygens (including phenoxy) is 1. The Morgan fingerprint density at radius 2 is 1.80 bits per heavy atom. The van der Waals surface area contributed by atoms with Gasteiger partial charge in [-0.05, 0) is 57.5 Å². The first-order valence-corrected chi connectivity index (χ1v) is 7.76. The molecule has 25 heavy (non-hydrogen) atoms. The van der Waals surface area contributed by atoms with Gasteiger partial charge in [0.05, 0.1) is 4.92 Å². The fourth-order valence-electron chi connectivity index (χ4n) is 2.15. The van der Waals surface area contributed by atoms with Crippen molar-refractivity contribution in [2.75, 3.05) is 10.6 Å². The first kappa shape index (κ1) is 18.3. The van der Waals surface area contributed by atoms with E-state index in [-0.39, 0.29) is 5.69 Å². The molecule has 0 bridgehead atoms. The molecule has 2 aromatic carbocycles. The summed E-state index contributed by atoms with van der Waals surface area (Å²) in [5.41, 5.74) is 1.71. The number of hydrogen-bond acceptors (Lipinski definition) is 5. The molecule has 0 radical (unpaired) electrons. The summed E-state index contributed by atoms with van der Waals surface area (Å²) in [6.07, 6.45) is -0.564. The minimum atomic E-state index is -0.595. The van der Waals surface area contributed by atoms with Gasteiger partial charge < -0.3 is 10.1 Å². The van der Waals surface area contributed by atoms with Gasteiger partial charge in [-0.15, -0.1) is 0 Å². The van der Waals surface area contributed by atoms with E-state index in [4.69, 9.17) is 4.74 Å². The van der Waals surface area contributed by atoms with Crippen molar-refractivity contribution < 1.29 is 14.5 Å². The molecule has 2 aromatic rings. The summed E-state index contributed by atoms with van der Waals surface area (Å²) in [7, 11) is 0. The average Bonchev–Trinajstić information content (AvgIpc) is 2.47. The van der Waals surface area contributed by atoms with Crippen LogP contribution < -0.4 is 10.6 Å². The van der Waals surface area contributed by atoms with Gasteiger partial charge in [0.1, 0.15) is 11.3 Å². The molecule has 0 aliphatic rings. The Morgan fingerprint density at radius 1 is 1.12 bits per heavy atom. The minimum absolute atomic E-state index is 0.00879. The van der Waals surface area contributed by atoms with Crippen molar-refractivity contribution in [3.8, 4) is 0 Å². The van der Waals surface area contributed by atoms with Crippen molar-refractivity contribution in [3.05, 3.63) is 58.1 Å². The quantitative estimate of drug-likeness (QED) is 0.602. The molecule has 0 heterocycles. The zero-order valence-electron chi connectivity index (χ0n) is 14.6. The van der Waals surface area contributed by atoms with Gasteiger partial charge in [0, 0.05) is 17.4 Å². The van der Waals surface area contributed by atoms with Crippen LogP contribution in [0.15, 0.2) is 42.5 Å². The number of nitrogens with zero attached hydrogens (tertiary/aromatic N) is 1. The summed E-state index contributed by atoms with van der Waals surface area (Å²) in [5, 5.41) is 16.8. The Kier molecular flexibility index (Phi) is 5.26. The largest absolute Gasteiger partial charge is 0.444 e. The maximum atomic E-state index is 11.8. The smallest absolute Gasteiger partial charge is 0.412 e. The van der Waals surface area contributed by atoms with Crippen LogP contribution in [0.1, 0.15) is 26.3 Å². The molecule has 7 heteroatoms. The van der Waals surface area contributed by atoms with Crippen molar-refractivity contribution in [2.45, 2.75) is 33.3 Å². The van der Waals surface area contributed by atoms with Gasteiger partial charge in [-0.2, -0.15) is 0 Å². The molecule has 2 N–H and O–H groups in total. The summed E-state index contributed by atoms with van der Waals surface area (Å²) < 4.78 is 5.20. The Labute approximate surface area is 146 Å². The molecule has 0 unspecified atom stereocenters. The Hall–Kier alpha value is -3.09. The van der Waals surface area contributed by atoms with Gasteiger partial charge in [0.25, 0.3) is 5.69 Å². The second-order valence-corrected chi connectivity index (χ2v) is 6.61. The first-order chi connectivity index (χ1) is 11.6. The maximum absolute atomic E-state index is 11.8. The van der Waals surface area contributed by atoms with Gasteiger partial charge in [0.15, 0.2) is 0 Å². The number of hydrogen-bond donors (Lipinski definition) is 2. The molecular weight excluding hydrogens is 322 g/mol. The number of rotatable bonds is 4. The molecule has 0 aromatic heterocycles. The summed E-state index contributed by atoms with van der Waals surface area (Å²) in [5.74, 6) is 0. The lowest BCUT2D eigenvalue weighted by Crippen LogP contribution is -2.27. The molecule has 132 valence electrons. The van der Waals surface area contributed by atoms with Gasteiger partial charge in [-0.1, -0.05) is 12.1 Å². The van der Waals surface area contributed by atoms with Crippen LogP contribution in [-0.2, 0) is 4.74 Å². The number of aryl methyl sites for hydroxylation is 1. The van der Waals surface area contributed by atoms with Crippen LogP contribution in [0, 0.1) is 17.0 Å². The molecule has 0 spiro atoms. The van der Waals surface area contributed by atoms with Crippen LogP contribution in [0.4, 0.5) is 27.5 Å². The summed E-state index contributed by atoms with van der Waals surface area (Å²) in [6, 6.07) is 11.8. The van der Waals surface area contributed by atoms with Crippen LogP contribution in [0.25, 0.3) is 0 Å². The topological polar surface area (TPSA) is 93.5 Å². The SMILES string of the molecule is Cc1ccc(Nc2cccc(NC(=O)OC(C)(C)C)c2)c([N+](=O)[O-])c1. The zero-order valence-corrected chi connectivity index (χ0v) is 14.6. The van der Waals surface area contributed by atoms with Crippen LogP contribution >= 0.6 is 0 Å². The van der Waals surface area contributed by atoms with E-state index in [1.54, 1.807) is 64.1 Å². The van der Waals surface area contributed by atoms with E-state index in [1.807, 2.05) is 0 Å². The lowest BCUT2D eigenvalue weighted by molar-refractivity contribution is -0.384. The summed E-state index contributed by atoms with van der Waals surface area (Å²) >= 11 is 0. The second-order valence-electron chi connectivity index (χ2n) is 6.61. The minimum Gasteiger partial charge on any atom is -0.444 e. The third-order valence-electron chi connectivity index (χ3n) is 3.14. The van der Waals surface area contributed by atoms with E-state index in [9.17, 15) is 14.9 Å². The van der Waals surface area contributed by atoms with E-state index < -0.39 is 16.6 Å². The predicted molar refractivity (Wildman–Crippen MR) is 97.4 cm³/mol.